The van der Waals surface area contributed by atoms with Crippen molar-refractivity contribution in [3.05, 3.63) is 0 Å². The van der Waals surface area contributed by atoms with Gasteiger partial charge in [-0.2, -0.15) is 0 Å². The predicted molar refractivity (Wildman–Crippen MR) is 29.4 cm³/mol. The number of carbonyl (C=O) groups is 2. The predicted octanol–water partition coefficient (Wildman–Crippen LogP) is -0.520. The van der Waals surface area contributed by atoms with Crippen molar-refractivity contribution in [1.29, 1.82) is 0 Å². The number of ketones is 1. The van der Waals surface area contributed by atoms with E-state index < -0.39 is 6.04 Å². The van der Waals surface area contributed by atoms with Crippen molar-refractivity contribution in [2.45, 2.75) is 6.04 Å². The van der Waals surface area contributed by atoms with E-state index in [1.165, 1.54) is 0 Å². The lowest BCUT2D eigenvalue weighted by Gasteiger charge is -1.88. The molecule has 4 heteroatoms. The molecule has 0 aliphatic carbocycles. The highest BCUT2D eigenvalue weighted by atomic mass is 32.2. The number of rotatable bonds is 0. The van der Waals surface area contributed by atoms with E-state index in [1.807, 2.05) is 0 Å². The molecule has 1 aliphatic heterocycles. The van der Waals surface area contributed by atoms with Gasteiger partial charge < -0.3 is 0 Å². The summed E-state index contributed by atoms with van der Waals surface area (Å²) < 4.78 is 0. The first-order valence-corrected chi connectivity index (χ1v) is 3.11. The van der Waals surface area contributed by atoms with E-state index in [9.17, 15) is 9.59 Å². The molecule has 1 fully saturated rings. The van der Waals surface area contributed by atoms with Gasteiger partial charge in [0.1, 0.15) is 6.04 Å². The van der Waals surface area contributed by atoms with Crippen LogP contribution in [-0.4, -0.2) is 22.7 Å². The van der Waals surface area contributed by atoms with Gasteiger partial charge in [-0.15, -0.1) is 0 Å². The van der Waals surface area contributed by atoms with E-state index in [-0.39, 0.29) is 16.7 Å². The SMILES string of the molecule is [NH]C1C(=O)CSC1=O. The molecule has 3 nitrogen and oxygen atoms in total. The number of thioether (sulfide) groups is 1. The fourth-order valence-corrected chi connectivity index (χ4v) is 1.19. The van der Waals surface area contributed by atoms with Crippen molar-refractivity contribution < 1.29 is 9.59 Å². The smallest absolute Gasteiger partial charge is 0.215 e. The van der Waals surface area contributed by atoms with Crippen LogP contribution in [0.1, 0.15) is 0 Å². The fraction of sp³-hybridized carbons (Fsp3) is 0.500. The topological polar surface area (TPSA) is 57.9 Å². The van der Waals surface area contributed by atoms with E-state index in [2.05, 4.69) is 0 Å². The summed E-state index contributed by atoms with van der Waals surface area (Å²) >= 11 is 0.937. The van der Waals surface area contributed by atoms with Crippen molar-refractivity contribution in [3.8, 4) is 0 Å². The molecule has 43 valence electrons. The van der Waals surface area contributed by atoms with E-state index in [0.717, 1.165) is 11.8 Å². The van der Waals surface area contributed by atoms with Crippen molar-refractivity contribution in [2.75, 3.05) is 5.75 Å². The molecule has 1 aliphatic rings. The van der Waals surface area contributed by atoms with Gasteiger partial charge in [0.05, 0.1) is 5.75 Å². The lowest BCUT2D eigenvalue weighted by Crippen LogP contribution is -2.22. The number of Topliss-reactive ketones (excluding diaryl/α,β-unsaturated/α-hetero) is 1. The van der Waals surface area contributed by atoms with Crippen LogP contribution in [0.5, 0.6) is 0 Å². The molecule has 1 unspecified atom stereocenters. The molecule has 0 spiro atoms. The van der Waals surface area contributed by atoms with E-state index in [0.29, 0.717) is 0 Å². The van der Waals surface area contributed by atoms with Crippen LogP contribution >= 0.6 is 11.8 Å². The van der Waals surface area contributed by atoms with Crippen LogP contribution in [-0.2, 0) is 9.59 Å². The van der Waals surface area contributed by atoms with Gasteiger partial charge >= 0.3 is 0 Å². The Hall–Kier alpha value is -0.350. The summed E-state index contributed by atoms with van der Waals surface area (Å²) in [7, 11) is 0. The van der Waals surface area contributed by atoms with Crippen molar-refractivity contribution in [1.82, 2.24) is 5.73 Å². The molecular weight excluding hydrogens is 126 g/mol. The maximum absolute atomic E-state index is 10.4. The Kier molecular flexibility index (Phi) is 1.35. The summed E-state index contributed by atoms with van der Waals surface area (Å²) in [4.78, 5) is 20.7. The molecule has 0 bridgehead atoms. The molecule has 0 amide bonds. The quantitative estimate of drug-likeness (QED) is 0.414. The third-order valence-electron chi connectivity index (χ3n) is 0.914. The second-order valence-corrected chi connectivity index (χ2v) is 2.49. The number of hydrogen-bond acceptors (Lipinski definition) is 3. The fourth-order valence-electron chi connectivity index (χ4n) is 0.440. The van der Waals surface area contributed by atoms with E-state index in [4.69, 9.17) is 5.73 Å². The van der Waals surface area contributed by atoms with Crippen LogP contribution in [0.2, 0.25) is 0 Å². The lowest BCUT2D eigenvalue weighted by molar-refractivity contribution is -0.122. The summed E-state index contributed by atoms with van der Waals surface area (Å²) in [6, 6.07) is -1.08. The summed E-state index contributed by atoms with van der Waals surface area (Å²) in [5, 5.41) is -0.310. The molecule has 0 aromatic heterocycles. The standard InChI is InChI=1S/C4H4NO2S/c5-3-2(6)1-8-4(3)7/h3,5H,1H2. The van der Waals surface area contributed by atoms with Crippen molar-refractivity contribution in [2.24, 2.45) is 0 Å². The third kappa shape index (κ3) is 0.763. The second kappa shape index (κ2) is 1.87. The molecule has 1 rings (SSSR count). The second-order valence-electron chi connectivity index (χ2n) is 1.51. The van der Waals surface area contributed by atoms with Gasteiger partial charge in [0.2, 0.25) is 5.12 Å². The molecule has 0 aromatic rings. The normalized spacial score (nSPS) is 29.4. The number of hydrogen-bond donors (Lipinski definition) is 0. The van der Waals surface area contributed by atoms with Crippen LogP contribution in [0.4, 0.5) is 0 Å². The minimum atomic E-state index is -1.08. The summed E-state index contributed by atoms with van der Waals surface area (Å²) in [5.74, 6) is -0.0625. The number of carbonyl (C=O) groups excluding carboxylic acids is 2. The molecule has 8 heavy (non-hydrogen) atoms. The van der Waals surface area contributed by atoms with Gasteiger partial charge in [-0.05, 0) is 0 Å². The number of nitrogens with one attached hydrogen (secondary N) is 1. The first-order chi connectivity index (χ1) is 3.72. The van der Waals surface area contributed by atoms with Gasteiger partial charge in [0.15, 0.2) is 5.78 Å². The summed E-state index contributed by atoms with van der Waals surface area (Å²) in [5.41, 5.74) is 6.82. The highest BCUT2D eigenvalue weighted by Gasteiger charge is 2.30. The highest BCUT2D eigenvalue weighted by Crippen LogP contribution is 2.14. The zero-order valence-corrected chi connectivity index (χ0v) is 4.83. The first kappa shape index (κ1) is 5.78. The van der Waals surface area contributed by atoms with E-state index in [1.54, 1.807) is 0 Å². The largest absolute Gasteiger partial charge is 0.296 e. The monoisotopic (exact) mass is 130 g/mol. The highest BCUT2D eigenvalue weighted by molar-refractivity contribution is 8.15. The Morgan fingerprint density at radius 1 is 1.62 bits per heavy atom. The van der Waals surface area contributed by atoms with Crippen LogP contribution in [0.25, 0.3) is 0 Å². The Labute approximate surface area is 50.6 Å². The summed E-state index contributed by atoms with van der Waals surface area (Å²) in [6.07, 6.45) is 0. The molecule has 0 saturated carbocycles. The molecule has 0 aromatic carbocycles. The van der Waals surface area contributed by atoms with Gasteiger partial charge in [-0.3, -0.25) is 9.59 Å². The average Bonchev–Trinajstić information content (AvgIpc) is 1.98. The van der Waals surface area contributed by atoms with Crippen LogP contribution in [0, 0.1) is 0 Å². The van der Waals surface area contributed by atoms with Gasteiger partial charge in [-0.1, -0.05) is 11.8 Å². The Bertz CT molecular complexity index is 129. The zero-order valence-electron chi connectivity index (χ0n) is 4.01. The van der Waals surface area contributed by atoms with Crippen LogP contribution < -0.4 is 5.73 Å². The average molecular weight is 130 g/mol. The maximum Gasteiger partial charge on any atom is 0.215 e. The van der Waals surface area contributed by atoms with Crippen molar-refractivity contribution in [3.63, 3.8) is 0 Å². The molecular formula is C4H4NO2S. The minimum Gasteiger partial charge on any atom is -0.296 e. The van der Waals surface area contributed by atoms with Gasteiger partial charge in [0, 0.05) is 0 Å². The van der Waals surface area contributed by atoms with Gasteiger partial charge in [0.25, 0.3) is 0 Å². The van der Waals surface area contributed by atoms with Gasteiger partial charge in [-0.25, -0.2) is 5.73 Å². The molecule has 1 radical (unpaired) electrons. The molecule has 1 saturated heterocycles. The zero-order chi connectivity index (χ0) is 6.15. The molecule has 1 heterocycles. The molecule has 1 N–H and O–H groups in total. The van der Waals surface area contributed by atoms with E-state index >= 15 is 0 Å². The first-order valence-electron chi connectivity index (χ1n) is 2.12. The Balaban J connectivity index is 2.70. The van der Waals surface area contributed by atoms with Crippen molar-refractivity contribution >= 4 is 22.7 Å². The summed E-state index contributed by atoms with van der Waals surface area (Å²) in [6.45, 7) is 0. The molecule has 1 atom stereocenters. The lowest BCUT2D eigenvalue weighted by atomic mass is 10.2. The Morgan fingerprint density at radius 2 is 2.25 bits per heavy atom. The minimum absolute atomic E-state index is 0.201. The van der Waals surface area contributed by atoms with Crippen LogP contribution in [0.15, 0.2) is 0 Å². The van der Waals surface area contributed by atoms with Crippen LogP contribution in [0.3, 0.4) is 0 Å². The maximum atomic E-state index is 10.4. The third-order valence-corrected chi connectivity index (χ3v) is 1.86. The Morgan fingerprint density at radius 3 is 2.38 bits per heavy atom.